The second-order valence-electron chi connectivity index (χ2n) is 10.5. The number of hydrogen-bond donors (Lipinski definition) is 0. The van der Waals surface area contributed by atoms with E-state index in [1.54, 1.807) is 6.08 Å². The number of carbonyl (C=O) groups is 2. The van der Waals surface area contributed by atoms with Gasteiger partial charge in [-0.15, -0.1) is 0 Å². The fraction of sp³-hybridized carbons (Fsp3) is 0.300. The Labute approximate surface area is 203 Å². The first-order chi connectivity index (χ1) is 16.9. The number of nitrogens with zero attached hydrogens (tertiary/aromatic N) is 1. The zero-order valence-electron chi connectivity index (χ0n) is 19.7. The molecule has 0 bridgehead atoms. The van der Waals surface area contributed by atoms with Crippen LogP contribution in [0.3, 0.4) is 0 Å². The molecule has 1 saturated heterocycles. The number of fused-ring (bicyclic) bond motifs is 6. The van der Waals surface area contributed by atoms with Gasteiger partial charge < -0.3 is 9.57 Å². The number of hydrogen-bond acceptors (Lipinski definition) is 5. The average molecular weight is 464 g/mol. The van der Waals surface area contributed by atoms with E-state index in [0.717, 1.165) is 51.2 Å². The Hall–Kier alpha value is -3.73. The van der Waals surface area contributed by atoms with Crippen molar-refractivity contribution in [2.24, 2.45) is 16.5 Å². The van der Waals surface area contributed by atoms with E-state index >= 15 is 0 Å². The molecule has 35 heavy (non-hydrogen) atoms. The molecule has 174 valence electrons. The van der Waals surface area contributed by atoms with Crippen molar-refractivity contribution in [2.75, 3.05) is 0 Å². The maximum absolute atomic E-state index is 13.5. The van der Waals surface area contributed by atoms with Gasteiger partial charge in [0, 0.05) is 23.0 Å². The third-order valence-electron chi connectivity index (χ3n) is 8.60. The van der Waals surface area contributed by atoms with Gasteiger partial charge in [0.2, 0.25) is 5.60 Å². The van der Waals surface area contributed by atoms with Gasteiger partial charge in [0.1, 0.15) is 6.10 Å². The summed E-state index contributed by atoms with van der Waals surface area (Å²) in [6.07, 6.45) is 5.13. The second kappa shape index (κ2) is 6.91. The van der Waals surface area contributed by atoms with E-state index in [1.807, 2.05) is 37.3 Å². The topological polar surface area (TPSA) is 65.0 Å². The number of ether oxygens (including phenoxy) is 1. The summed E-state index contributed by atoms with van der Waals surface area (Å²) in [5.41, 5.74) is 1.97. The summed E-state index contributed by atoms with van der Waals surface area (Å²) in [6, 6.07) is 18.7. The minimum Gasteiger partial charge on any atom is -0.454 e. The van der Waals surface area contributed by atoms with Crippen LogP contribution in [0.25, 0.3) is 21.5 Å². The number of allylic oxidation sites excluding steroid dienone is 3. The van der Waals surface area contributed by atoms with E-state index < -0.39 is 11.7 Å². The molecule has 2 heterocycles. The van der Waals surface area contributed by atoms with E-state index in [2.05, 4.69) is 42.4 Å². The lowest BCUT2D eigenvalue weighted by Gasteiger charge is -2.43. The SMILES string of the molecule is CC1=C2[C@H]3OC(=O)[C@]4(CC(c5c6ccccc6cc6ccccc56)=NO4)[C@@H]3CC[C@@]2(C)C=CC1=O. The lowest BCUT2D eigenvalue weighted by molar-refractivity contribution is -0.158. The highest BCUT2D eigenvalue weighted by Gasteiger charge is 2.66. The first-order valence-electron chi connectivity index (χ1n) is 12.2. The van der Waals surface area contributed by atoms with Gasteiger partial charge in [-0.05, 0) is 59.0 Å². The molecular weight excluding hydrogens is 438 g/mol. The van der Waals surface area contributed by atoms with Gasteiger partial charge in [-0.25, -0.2) is 4.79 Å². The number of oxime groups is 1. The standard InChI is InChI=1S/C30H25NO4/c1-17-24(32)12-14-29(2)13-11-22-27(26(17)29)34-28(33)30(22)16-23(31-35-30)25-20-9-5-3-7-18(20)15-19-8-4-6-10-21(19)25/h3-10,12,14-15,22,27H,11,13,16H2,1-2H3/t22-,27+,29+,30+/m1/s1. The Morgan fingerprint density at radius 2 is 1.69 bits per heavy atom. The van der Waals surface area contributed by atoms with E-state index in [-0.39, 0.29) is 23.1 Å². The molecule has 3 aromatic carbocycles. The van der Waals surface area contributed by atoms with Crippen LogP contribution in [0.15, 0.2) is 83.1 Å². The van der Waals surface area contributed by atoms with Crippen molar-refractivity contribution in [3.8, 4) is 0 Å². The largest absolute Gasteiger partial charge is 0.454 e. The monoisotopic (exact) mass is 463 g/mol. The molecule has 3 aromatic rings. The highest BCUT2D eigenvalue weighted by molar-refractivity contribution is 6.22. The summed E-state index contributed by atoms with van der Waals surface area (Å²) in [5.74, 6) is -0.571. The van der Waals surface area contributed by atoms with Crippen molar-refractivity contribution in [2.45, 2.75) is 44.8 Å². The summed E-state index contributed by atoms with van der Waals surface area (Å²) < 4.78 is 6.03. The van der Waals surface area contributed by atoms with Crippen LogP contribution in [-0.4, -0.2) is 29.2 Å². The second-order valence-corrected chi connectivity index (χ2v) is 10.5. The van der Waals surface area contributed by atoms with Crippen molar-refractivity contribution >= 4 is 39.0 Å². The normalized spacial score (nSPS) is 31.5. The maximum atomic E-state index is 13.5. The summed E-state index contributed by atoms with van der Waals surface area (Å²) in [7, 11) is 0. The molecule has 5 heteroatoms. The van der Waals surface area contributed by atoms with Crippen LogP contribution in [-0.2, 0) is 19.2 Å². The van der Waals surface area contributed by atoms with Crippen LogP contribution in [0.4, 0.5) is 0 Å². The van der Waals surface area contributed by atoms with Crippen molar-refractivity contribution in [1.82, 2.24) is 0 Å². The molecule has 1 spiro atoms. The van der Waals surface area contributed by atoms with E-state index in [9.17, 15) is 9.59 Å². The number of esters is 1. The van der Waals surface area contributed by atoms with Crippen LogP contribution < -0.4 is 0 Å². The molecule has 4 atom stereocenters. The predicted molar refractivity (Wildman–Crippen MR) is 134 cm³/mol. The fourth-order valence-electron chi connectivity index (χ4n) is 6.80. The van der Waals surface area contributed by atoms with E-state index in [1.165, 1.54) is 0 Å². The molecule has 0 N–H and O–H groups in total. The van der Waals surface area contributed by atoms with E-state index in [4.69, 9.17) is 9.57 Å². The van der Waals surface area contributed by atoms with Crippen molar-refractivity contribution in [3.05, 3.63) is 83.5 Å². The van der Waals surface area contributed by atoms with Gasteiger partial charge in [-0.2, -0.15) is 0 Å². The molecule has 2 fully saturated rings. The molecule has 0 radical (unpaired) electrons. The Morgan fingerprint density at radius 1 is 1.00 bits per heavy atom. The lowest BCUT2D eigenvalue weighted by Crippen LogP contribution is -2.47. The van der Waals surface area contributed by atoms with Gasteiger partial charge >= 0.3 is 5.97 Å². The summed E-state index contributed by atoms with van der Waals surface area (Å²) in [4.78, 5) is 32.1. The molecule has 4 aliphatic rings. The number of ketones is 1. The van der Waals surface area contributed by atoms with Gasteiger partial charge in [0.05, 0.1) is 11.6 Å². The van der Waals surface area contributed by atoms with Crippen LogP contribution in [0.1, 0.15) is 38.7 Å². The molecule has 0 unspecified atom stereocenters. The van der Waals surface area contributed by atoms with Gasteiger partial charge in [-0.3, -0.25) is 4.79 Å². The van der Waals surface area contributed by atoms with E-state index in [0.29, 0.717) is 12.0 Å². The molecule has 1 saturated carbocycles. The van der Waals surface area contributed by atoms with Crippen LogP contribution in [0.2, 0.25) is 0 Å². The number of carbonyl (C=O) groups excluding carboxylic acids is 2. The van der Waals surface area contributed by atoms with Crippen LogP contribution >= 0.6 is 0 Å². The first kappa shape index (κ1) is 20.6. The molecular formula is C30H25NO4. The summed E-state index contributed by atoms with van der Waals surface area (Å²) >= 11 is 0. The molecule has 2 aliphatic heterocycles. The number of benzene rings is 3. The van der Waals surface area contributed by atoms with Crippen molar-refractivity contribution in [1.29, 1.82) is 0 Å². The molecule has 2 aliphatic carbocycles. The van der Waals surface area contributed by atoms with Crippen molar-refractivity contribution in [3.63, 3.8) is 0 Å². The van der Waals surface area contributed by atoms with Crippen LogP contribution in [0, 0.1) is 11.3 Å². The maximum Gasteiger partial charge on any atom is 0.354 e. The van der Waals surface area contributed by atoms with Gasteiger partial charge in [-0.1, -0.05) is 66.7 Å². The fourth-order valence-corrected chi connectivity index (χ4v) is 6.80. The van der Waals surface area contributed by atoms with Crippen LogP contribution in [0.5, 0.6) is 0 Å². The zero-order chi connectivity index (χ0) is 23.9. The Kier molecular flexibility index (Phi) is 4.07. The zero-order valence-corrected chi connectivity index (χ0v) is 19.7. The Morgan fingerprint density at radius 3 is 2.40 bits per heavy atom. The molecule has 0 aromatic heterocycles. The predicted octanol–water partition coefficient (Wildman–Crippen LogP) is 5.65. The van der Waals surface area contributed by atoms with Gasteiger partial charge in [0.15, 0.2) is 5.78 Å². The molecule has 5 nitrogen and oxygen atoms in total. The summed E-state index contributed by atoms with van der Waals surface area (Å²) in [5, 5.41) is 8.98. The number of rotatable bonds is 1. The average Bonchev–Trinajstić information content (AvgIpc) is 3.41. The minimum atomic E-state index is -1.16. The summed E-state index contributed by atoms with van der Waals surface area (Å²) in [6.45, 7) is 3.98. The molecule has 7 rings (SSSR count). The quantitative estimate of drug-likeness (QED) is 0.345. The smallest absolute Gasteiger partial charge is 0.354 e. The third kappa shape index (κ3) is 2.67. The van der Waals surface area contributed by atoms with Gasteiger partial charge in [0.25, 0.3) is 0 Å². The Bertz CT molecular complexity index is 1510. The highest BCUT2D eigenvalue weighted by Crippen LogP contribution is 2.57. The lowest BCUT2D eigenvalue weighted by atomic mass is 9.60. The highest BCUT2D eigenvalue weighted by atomic mass is 16.7. The third-order valence-corrected chi connectivity index (χ3v) is 8.60. The Balaban J connectivity index is 1.33. The van der Waals surface area contributed by atoms with Crippen molar-refractivity contribution < 1.29 is 19.2 Å². The minimum absolute atomic E-state index is 0.0124. The first-order valence-corrected chi connectivity index (χ1v) is 12.2. The molecule has 0 amide bonds.